The molecule has 1 amide bonds. The number of morpholine rings is 1. The molecule has 27 heavy (non-hydrogen) atoms. The average molecular weight is 378 g/mol. The van der Waals surface area contributed by atoms with Gasteiger partial charge in [0.1, 0.15) is 5.82 Å². The number of hydrogen-bond donors (Lipinski definition) is 2. The van der Waals surface area contributed by atoms with Gasteiger partial charge in [0.2, 0.25) is 5.95 Å². The largest absolute Gasteiger partial charge is 0.450 e. The second kappa shape index (κ2) is 10.3. The van der Waals surface area contributed by atoms with Crippen LogP contribution in [0.2, 0.25) is 0 Å². The van der Waals surface area contributed by atoms with Gasteiger partial charge in [0.15, 0.2) is 0 Å². The van der Waals surface area contributed by atoms with Crippen molar-refractivity contribution in [2.75, 3.05) is 69.7 Å². The van der Waals surface area contributed by atoms with E-state index in [1.54, 1.807) is 11.1 Å². The number of rotatable bonds is 7. The predicted octanol–water partition coefficient (Wildman–Crippen LogP) is 1.25. The zero-order valence-corrected chi connectivity index (χ0v) is 16.0. The Kier molecular flexibility index (Phi) is 7.46. The lowest BCUT2D eigenvalue weighted by Gasteiger charge is -2.31. The number of amides is 1. The molecule has 2 saturated heterocycles. The van der Waals surface area contributed by atoms with E-state index >= 15 is 0 Å². The van der Waals surface area contributed by atoms with Gasteiger partial charge in [0, 0.05) is 51.5 Å². The van der Waals surface area contributed by atoms with E-state index in [0.717, 1.165) is 58.1 Å². The first-order valence-electron chi connectivity index (χ1n) is 9.80. The van der Waals surface area contributed by atoms with Crippen LogP contribution < -0.4 is 10.6 Å². The Morgan fingerprint density at radius 1 is 1.30 bits per heavy atom. The number of anilines is 2. The average Bonchev–Trinajstić information content (AvgIpc) is 2.70. The normalized spacial score (nSPS) is 18.9. The molecule has 1 aromatic heterocycles. The highest BCUT2D eigenvalue weighted by atomic mass is 16.6. The van der Waals surface area contributed by atoms with Crippen LogP contribution in [0.3, 0.4) is 0 Å². The maximum atomic E-state index is 11.8. The summed E-state index contributed by atoms with van der Waals surface area (Å²) in [5.41, 5.74) is 0. The molecule has 150 valence electrons. The third-order valence-electron chi connectivity index (χ3n) is 4.85. The summed E-state index contributed by atoms with van der Waals surface area (Å²) in [6.07, 6.45) is 3.26. The minimum Gasteiger partial charge on any atom is -0.450 e. The number of carbonyl (C=O) groups excluding carboxylic acids is 1. The molecule has 3 heterocycles. The summed E-state index contributed by atoms with van der Waals surface area (Å²) in [5, 5.41) is 6.75. The molecule has 0 saturated carbocycles. The van der Waals surface area contributed by atoms with E-state index in [-0.39, 0.29) is 12.1 Å². The topological polar surface area (TPSA) is 91.8 Å². The number of nitrogens with zero attached hydrogens (tertiary/aromatic N) is 4. The van der Waals surface area contributed by atoms with E-state index in [4.69, 9.17) is 9.47 Å². The summed E-state index contributed by atoms with van der Waals surface area (Å²) in [5.74, 6) is 1.45. The number of nitrogens with one attached hydrogen (secondary N) is 2. The lowest BCUT2D eigenvalue weighted by Crippen LogP contribution is -2.42. The van der Waals surface area contributed by atoms with E-state index in [1.807, 2.05) is 13.0 Å². The Bertz CT molecular complexity index is 588. The fraction of sp³-hybridized carbons (Fsp3) is 0.722. The van der Waals surface area contributed by atoms with Crippen LogP contribution in [-0.2, 0) is 9.47 Å². The molecule has 0 spiro atoms. The molecule has 0 aliphatic carbocycles. The van der Waals surface area contributed by atoms with Crippen molar-refractivity contribution in [1.29, 1.82) is 0 Å². The van der Waals surface area contributed by atoms with Gasteiger partial charge in [0.05, 0.1) is 19.8 Å². The first kappa shape index (κ1) is 19.6. The molecule has 0 atom stereocenters. The van der Waals surface area contributed by atoms with E-state index in [0.29, 0.717) is 25.6 Å². The van der Waals surface area contributed by atoms with Gasteiger partial charge >= 0.3 is 6.09 Å². The van der Waals surface area contributed by atoms with Crippen molar-refractivity contribution in [2.24, 2.45) is 0 Å². The van der Waals surface area contributed by atoms with Crippen molar-refractivity contribution < 1.29 is 14.3 Å². The van der Waals surface area contributed by atoms with Gasteiger partial charge in [-0.3, -0.25) is 4.90 Å². The van der Waals surface area contributed by atoms with Crippen LogP contribution in [0, 0.1) is 0 Å². The van der Waals surface area contributed by atoms with Gasteiger partial charge in [-0.2, -0.15) is 4.98 Å². The maximum absolute atomic E-state index is 11.8. The highest BCUT2D eigenvalue weighted by Crippen LogP contribution is 2.16. The van der Waals surface area contributed by atoms with Gasteiger partial charge in [0.25, 0.3) is 0 Å². The summed E-state index contributed by atoms with van der Waals surface area (Å²) in [6, 6.07) is 2.15. The standard InChI is InChI=1S/C18H30N6O3/c1-2-27-18(25)24-8-4-15(5-9-24)21-17-20-6-3-16(22-17)19-7-10-23-11-13-26-14-12-23/h3,6,15H,2,4-5,7-14H2,1H3,(H2,19,20,21,22). The van der Waals surface area contributed by atoms with Gasteiger partial charge in [-0.15, -0.1) is 0 Å². The summed E-state index contributed by atoms with van der Waals surface area (Å²) in [6.45, 7) is 9.04. The monoisotopic (exact) mass is 378 g/mol. The Balaban J connectivity index is 1.40. The van der Waals surface area contributed by atoms with E-state index in [9.17, 15) is 4.79 Å². The molecule has 2 aliphatic heterocycles. The quantitative estimate of drug-likeness (QED) is 0.733. The molecular weight excluding hydrogens is 348 g/mol. The molecule has 2 fully saturated rings. The number of ether oxygens (including phenoxy) is 2. The van der Waals surface area contributed by atoms with Gasteiger partial charge < -0.3 is 25.0 Å². The SMILES string of the molecule is CCOC(=O)N1CCC(Nc2nccc(NCCN3CCOCC3)n2)CC1. The third kappa shape index (κ3) is 6.21. The Morgan fingerprint density at radius 3 is 2.81 bits per heavy atom. The lowest BCUT2D eigenvalue weighted by molar-refractivity contribution is 0.0398. The number of piperidine rings is 1. The molecule has 0 aromatic carbocycles. The summed E-state index contributed by atoms with van der Waals surface area (Å²) >= 11 is 0. The van der Waals surface area contributed by atoms with Gasteiger partial charge in [-0.25, -0.2) is 9.78 Å². The van der Waals surface area contributed by atoms with Crippen LogP contribution in [0.1, 0.15) is 19.8 Å². The molecule has 9 heteroatoms. The molecule has 2 N–H and O–H groups in total. The van der Waals surface area contributed by atoms with Crippen molar-refractivity contribution in [3.63, 3.8) is 0 Å². The Labute approximate surface area is 160 Å². The summed E-state index contributed by atoms with van der Waals surface area (Å²) in [4.78, 5) is 24.8. The van der Waals surface area contributed by atoms with Crippen molar-refractivity contribution in [3.8, 4) is 0 Å². The van der Waals surface area contributed by atoms with Crippen molar-refractivity contribution in [3.05, 3.63) is 12.3 Å². The van der Waals surface area contributed by atoms with E-state index < -0.39 is 0 Å². The predicted molar refractivity (Wildman–Crippen MR) is 103 cm³/mol. The van der Waals surface area contributed by atoms with Crippen LogP contribution in [0.15, 0.2) is 12.3 Å². The molecule has 3 rings (SSSR count). The Morgan fingerprint density at radius 2 is 2.07 bits per heavy atom. The molecule has 0 radical (unpaired) electrons. The number of carbonyl (C=O) groups is 1. The number of aromatic nitrogens is 2. The third-order valence-corrected chi connectivity index (χ3v) is 4.85. The minimum absolute atomic E-state index is 0.223. The lowest BCUT2D eigenvalue weighted by atomic mass is 10.1. The zero-order valence-electron chi connectivity index (χ0n) is 16.0. The molecule has 0 unspecified atom stereocenters. The highest BCUT2D eigenvalue weighted by Gasteiger charge is 2.23. The Hall–Kier alpha value is -2.13. The first-order valence-corrected chi connectivity index (χ1v) is 9.80. The van der Waals surface area contributed by atoms with E-state index in [2.05, 4.69) is 25.5 Å². The van der Waals surface area contributed by atoms with E-state index in [1.165, 1.54) is 0 Å². The second-order valence-electron chi connectivity index (χ2n) is 6.75. The zero-order chi connectivity index (χ0) is 18.9. The van der Waals surface area contributed by atoms with Crippen LogP contribution in [0.4, 0.5) is 16.6 Å². The van der Waals surface area contributed by atoms with Crippen LogP contribution in [-0.4, -0.2) is 91.0 Å². The molecular formula is C18H30N6O3. The first-order chi connectivity index (χ1) is 13.2. The summed E-state index contributed by atoms with van der Waals surface area (Å²) < 4.78 is 10.4. The maximum Gasteiger partial charge on any atom is 0.409 e. The molecule has 1 aromatic rings. The van der Waals surface area contributed by atoms with Gasteiger partial charge in [-0.1, -0.05) is 0 Å². The van der Waals surface area contributed by atoms with Gasteiger partial charge in [-0.05, 0) is 25.8 Å². The van der Waals surface area contributed by atoms with Crippen molar-refractivity contribution >= 4 is 17.9 Å². The molecule has 2 aliphatic rings. The highest BCUT2D eigenvalue weighted by molar-refractivity contribution is 5.67. The molecule has 0 bridgehead atoms. The smallest absolute Gasteiger partial charge is 0.409 e. The number of likely N-dealkylation sites (tertiary alicyclic amines) is 1. The van der Waals surface area contributed by atoms with Crippen LogP contribution in [0.25, 0.3) is 0 Å². The fourth-order valence-corrected chi connectivity index (χ4v) is 3.30. The summed E-state index contributed by atoms with van der Waals surface area (Å²) in [7, 11) is 0. The van der Waals surface area contributed by atoms with Crippen LogP contribution in [0.5, 0.6) is 0 Å². The minimum atomic E-state index is -0.223. The fourth-order valence-electron chi connectivity index (χ4n) is 3.30. The molecule has 9 nitrogen and oxygen atoms in total. The second-order valence-corrected chi connectivity index (χ2v) is 6.75. The van der Waals surface area contributed by atoms with Crippen molar-refractivity contribution in [1.82, 2.24) is 19.8 Å². The van der Waals surface area contributed by atoms with Crippen molar-refractivity contribution in [2.45, 2.75) is 25.8 Å². The number of hydrogen-bond acceptors (Lipinski definition) is 8. The van der Waals surface area contributed by atoms with Crippen LogP contribution >= 0.6 is 0 Å².